The molecular weight excluding hydrogens is 347 g/mol. The first kappa shape index (κ1) is 17.2. The number of halogens is 1. The second kappa shape index (κ2) is 6.83. The van der Waals surface area contributed by atoms with Crippen molar-refractivity contribution in [1.82, 2.24) is 9.55 Å². The Morgan fingerprint density at radius 1 is 1.19 bits per heavy atom. The number of nitrogens with zero attached hydrogens (tertiary/aromatic N) is 2. The monoisotopic (exact) mass is 366 g/mol. The van der Waals surface area contributed by atoms with Crippen LogP contribution in [-0.4, -0.2) is 21.4 Å². The van der Waals surface area contributed by atoms with Gasteiger partial charge in [-0.25, -0.2) is 9.37 Å². The smallest absolute Gasteiger partial charge is 0.247 e. The Hall–Kier alpha value is -3.22. The SMILES string of the molecule is CC(C(=O)Nc1ccc(F)c(NC(=O)C2CC2)c1)n1cnc2ccccc21. The predicted molar refractivity (Wildman–Crippen MR) is 101 cm³/mol. The molecule has 138 valence electrons. The molecule has 2 aromatic carbocycles. The maximum Gasteiger partial charge on any atom is 0.247 e. The molecule has 0 bridgehead atoms. The standard InChI is InChI=1S/C20H19FN4O2/c1-12(25-11-22-16-4-2-3-5-18(16)25)19(26)23-14-8-9-15(21)17(10-14)24-20(27)13-6-7-13/h2-5,8-13H,6-7H2,1H3,(H,23,26)(H,24,27). The number of rotatable bonds is 5. The zero-order chi connectivity index (χ0) is 19.0. The van der Waals surface area contributed by atoms with E-state index >= 15 is 0 Å². The van der Waals surface area contributed by atoms with Crippen molar-refractivity contribution in [2.75, 3.05) is 10.6 Å². The third kappa shape index (κ3) is 3.53. The van der Waals surface area contributed by atoms with Crippen LogP contribution in [0.5, 0.6) is 0 Å². The molecule has 2 N–H and O–H groups in total. The fourth-order valence-electron chi connectivity index (χ4n) is 2.94. The summed E-state index contributed by atoms with van der Waals surface area (Å²) in [6.07, 6.45) is 3.29. The number of benzene rings is 2. The van der Waals surface area contributed by atoms with Crippen LogP contribution in [0.15, 0.2) is 48.8 Å². The lowest BCUT2D eigenvalue weighted by atomic mass is 10.2. The summed E-state index contributed by atoms with van der Waals surface area (Å²) < 4.78 is 15.7. The first-order valence-corrected chi connectivity index (χ1v) is 8.86. The van der Waals surface area contributed by atoms with Gasteiger partial charge in [-0.2, -0.15) is 0 Å². The van der Waals surface area contributed by atoms with E-state index in [1.165, 1.54) is 18.2 Å². The number of hydrogen-bond donors (Lipinski definition) is 2. The van der Waals surface area contributed by atoms with Gasteiger partial charge in [0, 0.05) is 11.6 Å². The van der Waals surface area contributed by atoms with Gasteiger partial charge in [-0.05, 0) is 50.1 Å². The minimum atomic E-state index is -0.532. The van der Waals surface area contributed by atoms with Gasteiger partial charge >= 0.3 is 0 Å². The number of nitrogens with one attached hydrogen (secondary N) is 2. The summed E-state index contributed by atoms with van der Waals surface area (Å²) >= 11 is 0. The van der Waals surface area contributed by atoms with E-state index in [1.54, 1.807) is 17.8 Å². The number of aromatic nitrogens is 2. The van der Waals surface area contributed by atoms with E-state index < -0.39 is 11.9 Å². The van der Waals surface area contributed by atoms with Crippen molar-refractivity contribution in [3.8, 4) is 0 Å². The number of anilines is 2. The number of hydrogen-bond acceptors (Lipinski definition) is 3. The van der Waals surface area contributed by atoms with Crippen molar-refractivity contribution in [1.29, 1.82) is 0 Å². The van der Waals surface area contributed by atoms with Gasteiger partial charge in [0.05, 0.1) is 23.0 Å². The van der Waals surface area contributed by atoms with Crippen LogP contribution in [0.4, 0.5) is 15.8 Å². The average Bonchev–Trinajstić information content (AvgIpc) is 3.43. The fourth-order valence-corrected chi connectivity index (χ4v) is 2.94. The van der Waals surface area contributed by atoms with E-state index in [0.29, 0.717) is 5.69 Å². The quantitative estimate of drug-likeness (QED) is 0.722. The number of para-hydroxylation sites is 2. The molecule has 3 aromatic rings. The molecule has 1 aliphatic carbocycles. The molecule has 0 aliphatic heterocycles. The molecule has 2 amide bonds. The molecule has 27 heavy (non-hydrogen) atoms. The van der Waals surface area contributed by atoms with Crippen molar-refractivity contribution in [3.63, 3.8) is 0 Å². The largest absolute Gasteiger partial charge is 0.324 e. The van der Waals surface area contributed by atoms with E-state index in [0.717, 1.165) is 23.9 Å². The predicted octanol–water partition coefficient (Wildman–Crippen LogP) is 3.72. The molecule has 0 saturated heterocycles. The highest BCUT2D eigenvalue weighted by Gasteiger charge is 2.30. The maximum absolute atomic E-state index is 14.0. The molecule has 0 spiro atoms. The summed E-state index contributed by atoms with van der Waals surface area (Å²) in [7, 11) is 0. The third-order valence-electron chi connectivity index (χ3n) is 4.72. The molecule has 4 rings (SSSR count). The molecule has 1 aromatic heterocycles. The Kier molecular flexibility index (Phi) is 4.35. The second-order valence-corrected chi connectivity index (χ2v) is 6.76. The van der Waals surface area contributed by atoms with Crippen molar-refractivity contribution >= 4 is 34.2 Å². The van der Waals surface area contributed by atoms with Crippen molar-refractivity contribution < 1.29 is 14.0 Å². The van der Waals surface area contributed by atoms with Crippen LogP contribution in [0.1, 0.15) is 25.8 Å². The van der Waals surface area contributed by atoms with E-state index in [4.69, 9.17) is 0 Å². The van der Waals surface area contributed by atoms with Gasteiger partial charge < -0.3 is 15.2 Å². The van der Waals surface area contributed by atoms with Crippen LogP contribution < -0.4 is 10.6 Å². The Bertz CT molecular complexity index is 1030. The van der Waals surface area contributed by atoms with Crippen LogP contribution >= 0.6 is 0 Å². The minimum Gasteiger partial charge on any atom is -0.324 e. The molecule has 1 fully saturated rings. The molecule has 0 radical (unpaired) electrons. The topological polar surface area (TPSA) is 76.0 Å². The highest BCUT2D eigenvalue weighted by Crippen LogP contribution is 2.31. The molecular formula is C20H19FN4O2. The lowest BCUT2D eigenvalue weighted by molar-refractivity contribution is -0.119. The van der Waals surface area contributed by atoms with Gasteiger partial charge in [-0.3, -0.25) is 9.59 Å². The molecule has 1 unspecified atom stereocenters. The van der Waals surface area contributed by atoms with Crippen LogP contribution in [0, 0.1) is 11.7 Å². The fraction of sp³-hybridized carbons (Fsp3) is 0.250. The van der Waals surface area contributed by atoms with Crippen LogP contribution in [0.2, 0.25) is 0 Å². The van der Waals surface area contributed by atoms with Crippen LogP contribution in [-0.2, 0) is 9.59 Å². The van der Waals surface area contributed by atoms with Crippen molar-refractivity contribution in [2.24, 2.45) is 5.92 Å². The Morgan fingerprint density at radius 2 is 1.96 bits per heavy atom. The number of carbonyl (C=O) groups excluding carboxylic acids is 2. The first-order valence-electron chi connectivity index (χ1n) is 8.86. The number of imidazole rings is 1. The second-order valence-electron chi connectivity index (χ2n) is 6.76. The molecule has 1 aliphatic rings. The minimum absolute atomic E-state index is 0.0304. The summed E-state index contributed by atoms with van der Waals surface area (Å²) in [5, 5.41) is 5.36. The normalized spacial score (nSPS) is 14.7. The van der Waals surface area contributed by atoms with E-state index in [9.17, 15) is 14.0 Å². The Balaban J connectivity index is 1.51. The van der Waals surface area contributed by atoms with Gasteiger partial charge in [-0.15, -0.1) is 0 Å². The molecule has 1 atom stereocenters. The maximum atomic E-state index is 14.0. The molecule has 1 heterocycles. The van der Waals surface area contributed by atoms with E-state index in [-0.39, 0.29) is 23.4 Å². The Labute approximate surface area is 155 Å². The van der Waals surface area contributed by atoms with Gasteiger partial charge in [-0.1, -0.05) is 12.1 Å². The lowest BCUT2D eigenvalue weighted by Crippen LogP contribution is -2.23. The van der Waals surface area contributed by atoms with Gasteiger partial charge in [0.25, 0.3) is 0 Å². The van der Waals surface area contributed by atoms with Gasteiger partial charge in [0.2, 0.25) is 11.8 Å². The average molecular weight is 366 g/mol. The highest BCUT2D eigenvalue weighted by atomic mass is 19.1. The number of fused-ring (bicyclic) bond motifs is 1. The van der Waals surface area contributed by atoms with Crippen molar-refractivity contribution in [2.45, 2.75) is 25.8 Å². The van der Waals surface area contributed by atoms with Crippen LogP contribution in [0.25, 0.3) is 11.0 Å². The van der Waals surface area contributed by atoms with Crippen molar-refractivity contribution in [3.05, 3.63) is 54.6 Å². The zero-order valence-electron chi connectivity index (χ0n) is 14.8. The summed E-state index contributed by atoms with van der Waals surface area (Å²) in [5.41, 5.74) is 2.16. The molecule has 6 nitrogen and oxygen atoms in total. The summed E-state index contributed by atoms with van der Waals surface area (Å²) in [4.78, 5) is 28.8. The highest BCUT2D eigenvalue weighted by molar-refractivity contribution is 5.97. The first-order chi connectivity index (χ1) is 13.0. The van der Waals surface area contributed by atoms with Gasteiger partial charge in [0.15, 0.2) is 0 Å². The molecule has 1 saturated carbocycles. The lowest BCUT2D eigenvalue weighted by Gasteiger charge is -2.15. The Morgan fingerprint density at radius 3 is 2.74 bits per heavy atom. The van der Waals surface area contributed by atoms with E-state index in [1.807, 2.05) is 24.3 Å². The van der Waals surface area contributed by atoms with Gasteiger partial charge in [0.1, 0.15) is 11.9 Å². The van der Waals surface area contributed by atoms with Crippen LogP contribution in [0.3, 0.4) is 0 Å². The number of amides is 2. The van der Waals surface area contributed by atoms with E-state index in [2.05, 4.69) is 15.6 Å². The summed E-state index contributed by atoms with van der Waals surface area (Å²) in [5.74, 6) is -1.01. The summed E-state index contributed by atoms with van der Waals surface area (Å²) in [6, 6.07) is 11.2. The molecule has 7 heteroatoms. The summed E-state index contributed by atoms with van der Waals surface area (Å²) in [6.45, 7) is 1.77. The zero-order valence-corrected chi connectivity index (χ0v) is 14.8. The number of carbonyl (C=O) groups is 2. The third-order valence-corrected chi connectivity index (χ3v) is 4.72.